The molecule has 2 fully saturated rings. The maximum Gasteiger partial charge on any atom is 0.0685 e. The number of ether oxygens (including phenoxy) is 1. The van der Waals surface area contributed by atoms with Crippen molar-refractivity contribution >= 4 is 27.5 Å². The van der Waals surface area contributed by atoms with Crippen molar-refractivity contribution in [1.82, 2.24) is 0 Å². The van der Waals surface area contributed by atoms with Crippen LogP contribution >= 0.6 is 27.5 Å². The van der Waals surface area contributed by atoms with E-state index in [1.807, 2.05) is 18.2 Å². The number of benzene rings is 1. The first-order valence-corrected chi connectivity index (χ1v) is 8.61. The maximum atomic E-state index is 6.54. The van der Waals surface area contributed by atoms with Gasteiger partial charge in [-0.15, -0.1) is 0 Å². The average Bonchev–Trinajstić information content (AvgIpc) is 2.86. The molecule has 110 valence electrons. The molecule has 1 aliphatic heterocycles. The lowest BCUT2D eigenvalue weighted by molar-refractivity contribution is -0.0964. The minimum absolute atomic E-state index is 0.0583. The Morgan fingerprint density at radius 3 is 2.80 bits per heavy atom. The lowest BCUT2D eigenvalue weighted by atomic mass is 9.79. The van der Waals surface area contributed by atoms with Gasteiger partial charge in [-0.25, -0.2) is 0 Å². The first-order chi connectivity index (χ1) is 9.60. The minimum Gasteiger partial charge on any atom is -0.375 e. The number of hydrogen-bond donors (Lipinski definition) is 1. The highest BCUT2D eigenvalue weighted by molar-refractivity contribution is 9.10. The first kappa shape index (κ1) is 14.8. The van der Waals surface area contributed by atoms with Crippen LogP contribution in [0.2, 0.25) is 5.02 Å². The monoisotopic (exact) mass is 357 g/mol. The van der Waals surface area contributed by atoms with E-state index in [0.29, 0.717) is 5.92 Å². The van der Waals surface area contributed by atoms with E-state index in [9.17, 15) is 0 Å². The standard InChI is InChI=1S/C16H21BrClNO/c17-14-9-12(18)3-4-13(14)15(19)11-5-8-20-16(10-11)6-1-2-7-16/h3-4,9,11,15H,1-2,5-8,10,19H2. The molecule has 2 atom stereocenters. The Labute approximate surface area is 134 Å². The van der Waals surface area contributed by atoms with Gasteiger partial charge < -0.3 is 10.5 Å². The van der Waals surface area contributed by atoms with Crippen LogP contribution in [-0.4, -0.2) is 12.2 Å². The van der Waals surface area contributed by atoms with E-state index >= 15 is 0 Å². The molecule has 1 saturated heterocycles. The van der Waals surface area contributed by atoms with Crippen molar-refractivity contribution in [2.24, 2.45) is 11.7 Å². The fourth-order valence-electron chi connectivity index (χ4n) is 3.77. The second kappa shape index (κ2) is 5.96. The molecule has 1 saturated carbocycles. The molecule has 0 radical (unpaired) electrons. The molecule has 1 aromatic carbocycles. The summed E-state index contributed by atoms with van der Waals surface area (Å²) in [7, 11) is 0. The van der Waals surface area contributed by atoms with E-state index in [-0.39, 0.29) is 11.6 Å². The predicted molar refractivity (Wildman–Crippen MR) is 86.0 cm³/mol. The summed E-state index contributed by atoms with van der Waals surface area (Å²) in [5, 5.41) is 0.743. The van der Waals surface area contributed by atoms with Crippen LogP contribution in [0, 0.1) is 5.92 Å². The third-order valence-electron chi connectivity index (χ3n) is 4.88. The highest BCUT2D eigenvalue weighted by atomic mass is 79.9. The lowest BCUT2D eigenvalue weighted by Crippen LogP contribution is -2.40. The Hall–Kier alpha value is -0.0900. The van der Waals surface area contributed by atoms with Gasteiger partial charge in [-0.2, -0.15) is 0 Å². The Balaban J connectivity index is 1.77. The Bertz CT molecular complexity index is 487. The molecule has 4 heteroatoms. The highest BCUT2D eigenvalue weighted by Gasteiger charge is 2.41. The fraction of sp³-hybridized carbons (Fsp3) is 0.625. The largest absolute Gasteiger partial charge is 0.375 e. The number of hydrogen-bond acceptors (Lipinski definition) is 2. The quantitative estimate of drug-likeness (QED) is 0.821. The second-order valence-corrected chi connectivity index (χ2v) is 7.47. The zero-order valence-corrected chi connectivity index (χ0v) is 13.9. The summed E-state index contributed by atoms with van der Waals surface area (Å²) >= 11 is 9.61. The summed E-state index contributed by atoms with van der Waals surface area (Å²) < 4.78 is 7.12. The Kier molecular flexibility index (Phi) is 4.42. The van der Waals surface area contributed by atoms with Gasteiger partial charge in [0.2, 0.25) is 0 Å². The maximum absolute atomic E-state index is 6.54. The molecule has 1 aliphatic carbocycles. The van der Waals surface area contributed by atoms with E-state index in [4.69, 9.17) is 22.1 Å². The summed E-state index contributed by atoms with van der Waals surface area (Å²) in [6, 6.07) is 5.96. The van der Waals surface area contributed by atoms with Crippen molar-refractivity contribution in [3.63, 3.8) is 0 Å². The van der Waals surface area contributed by atoms with E-state index in [1.165, 1.54) is 25.7 Å². The topological polar surface area (TPSA) is 35.2 Å². The van der Waals surface area contributed by atoms with Crippen molar-refractivity contribution in [3.8, 4) is 0 Å². The molecule has 0 bridgehead atoms. The Morgan fingerprint density at radius 1 is 1.35 bits per heavy atom. The first-order valence-electron chi connectivity index (χ1n) is 7.44. The van der Waals surface area contributed by atoms with Crippen LogP contribution in [-0.2, 0) is 4.74 Å². The predicted octanol–water partition coefficient (Wildman–Crippen LogP) is 4.84. The highest BCUT2D eigenvalue weighted by Crippen LogP contribution is 2.45. The average molecular weight is 359 g/mol. The zero-order valence-electron chi connectivity index (χ0n) is 11.6. The van der Waals surface area contributed by atoms with Gasteiger partial charge in [0, 0.05) is 22.1 Å². The molecule has 1 aromatic rings. The summed E-state index contributed by atoms with van der Waals surface area (Å²) in [6.07, 6.45) is 7.16. The van der Waals surface area contributed by atoms with E-state index in [2.05, 4.69) is 15.9 Å². The smallest absolute Gasteiger partial charge is 0.0685 e. The molecule has 1 spiro atoms. The molecule has 2 N–H and O–H groups in total. The Morgan fingerprint density at radius 2 is 2.10 bits per heavy atom. The zero-order chi connectivity index (χ0) is 14.2. The normalized spacial score (nSPS) is 26.9. The van der Waals surface area contributed by atoms with E-state index in [0.717, 1.165) is 34.5 Å². The molecule has 2 unspecified atom stereocenters. The molecule has 3 rings (SSSR count). The molecule has 0 aromatic heterocycles. The number of rotatable bonds is 2. The van der Waals surface area contributed by atoms with Crippen LogP contribution in [0.25, 0.3) is 0 Å². The van der Waals surface area contributed by atoms with Crippen LogP contribution in [0.15, 0.2) is 22.7 Å². The van der Waals surface area contributed by atoms with Crippen LogP contribution in [0.3, 0.4) is 0 Å². The van der Waals surface area contributed by atoms with Crippen molar-refractivity contribution in [1.29, 1.82) is 0 Å². The molecular weight excluding hydrogens is 338 g/mol. The summed E-state index contributed by atoms with van der Waals surface area (Å²) in [6.45, 7) is 0.851. The summed E-state index contributed by atoms with van der Waals surface area (Å²) in [5.74, 6) is 0.499. The van der Waals surface area contributed by atoms with Gasteiger partial charge in [-0.05, 0) is 49.3 Å². The van der Waals surface area contributed by atoms with Crippen molar-refractivity contribution in [2.45, 2.75) is 50.2 Å². The van der Waals surface area contributed by atoms with Crippen LogP contribution in [0.5, 0.6) is 0 Å². The van der Waals surface area contributed by atoms with Crippen LogP contribution in [0.1, 0.15) is 50.1 Å². The fourth-order valence-corrected chi connectivity index (χ4v) is 4.71. The van der Waals surface area contributed by atoms with Gasteiger partial charge in [0.1, 0.15) is 0 Å². The third-order valence-corrected chi connectivity index (χ3v) is 5.80. The van der Waals surface area contributed by atoms with Crippen LogP contribution in [0.4, 0.5) is 0 Å². The van der Waals surface area contributed by atoms with Crippen molar-refractivity contribution in [3.05, 3.63) is 33.3 Å². The van der Waals surface area contributed by atoms with Crippen molar-refractivity contribution < 1.29 is 4.74 Å². The van der Waals surface area contributed by atoms with Gasteiger partial charge in [0.05, 0.1) is 5.60 Å². The van der Waals surface area contributed by atoms with Gasteiger partial charge in [0.25, 0.3) is 0 Å². The van der Waals surface area contributed by atoms with Crippen molar-refractivity contribution in [2.75, 3.05) is 6.61 Å². The molecule has 20 heavy (non-hydrogen) atoms. The second-order valence-electron chi connectivity index (χ2n) is 6.18. The molecule has 2 nitrogen and oxygen atoms in total. The molecule has 2 aliphatic rings. The van der Waals surface area contributed by atoms with Crippen LogP contribution < -0.4 is 5.73 Å². The summed E-state index contributed by atoms with van der Waals surface area (Å²) in [5.41, 5.74) is 7.83. The molecule has 1 heterocycles. The third kappa shape index (κ3) is 2.92. The number of nitrogens with two attached hydrogens (primary N) is 1. The van der Waals surface area contributed by atoms with Gasteiger partial charge in [0.15, 0.2) is 0 Å². The SMILES string of the molecule is NC(c1ccc(Cl)cc1Br)C1CCOC2(CCCC2)C1. The van der Waals surface area contributed by atoms with Gasteiger partial charge in [-0.3, -0.25) is 0 Å². The van der Waals surface area contributed by atoms with Gasteiger partial charge >= 0.3 is 0 Å². The number of halogens is 2. The molecule has 0 amide bonds. The minimum atomic E-state index is 0.0583. The van der Waals surface area contributed by atoms with E-state index < -0.39 is 0 Å². The lowest BCUT2D eigenvalue weighted by Gasteiger charge is -2.40. The summed E-state index contributed by atoms with van der Waals surface area (Å²) in [4.78, 5) is 0. The molecular formula is C16H21BrClNO. The van der Waals surface area contributed by atoms with E-state index in [1.54, 1.807) is 0 Å². The van der Waals surface area contributed by atoms with Gasteiger partial charge in [-0.1, -0.05) is 46.4 Å².